The lowest BCUT2D eigenvalue weighted by Gasteiger charge is -2.04. The number of ketones is 1. The Kier molecular flexibility index (Phi) is 4.07. The number of hydrogen-bond donors (Lipinski definition) is 1. The zero-order valence-corrected chi connectivity index (χ0v) is 10.4. The third-order valence-electron chi connectivity index (χ3n) is 2.70. The van der Waals surface area contributed by atoms with Gasteiger partial charge in [-0.2, -0.15) is 0 Å². The molecule has 0 amide bonds. The van der Waals surface area contributed by atoms with Crippen molar-refractivity contribution in [2.45, 2.75) is 0 Å². The number of hydrogen-bond acceptors (Lipinski definition) is 2. The van der Waals surface area contributed by atoms with Gasteiger partial charge in [-0.1, -0.05) is 12.1 Å². The first-order valence-corrected chi connectivity index (χ1v) is 5.75. The van der Waals surface area contributed by atoms with Crippen LogP contribution in [0.25, 0.3) is 5.76 Å². The molecular formula is C15H8F4O2. The van der Waals surface area contributed by atoms with Crippen LogP contribution in [0.1, 0.15) is 15.9 Å². The zero-order valence-electron chi connectivity index (χ0n) is 10.4. The summed E-state index contributed by atoms with van der Waals surface area (Å²) < 4.78 is 53.6. The molecule has 0 saturated heterocycles. The quantitative estimate of drug-likeness (QED) is 0.402. The van der Waals surface area contributed by atoms with Crippen molar-refractivity contribution < 1.29 is 27.5 Å². The summed E-state index contributed by atoms with van der Waals surface area (Å²) in [5, 5.41) is 9.61. The fourth-order valence-corrected chi connectivity index (χ4v) is 1.74. The lowest BCUT2D eigenvalue weighted by Crippen LogP contribution is -2.05. The van der Waals surface area contributed by atoms with Crippen LogP contribution in [0.5, 0.6) is 0 Å². The molecule has 0 saturated carbocycles. The lowest BCUT2D eigenvalue weighted by atomic mass is 10.1. The number of rotatable bonds is 3. The van der Waals surface area contributed by atoms with Gasteiger partial charge in [-0.25, -0.2) is 17.6 Å². The van der Waals surface area contributed by atoms with Crippen LogP contribution in [-0.2, 0) is 0 Å². The molecule has 0 radical (unpaired) electrons. The van der Waals surface area contributed by atoms with Gasteiger partial charge in [0.05, 0.1) is 11.1 Å². The topological polar surface area (TPSA) is 37.3 Å². The van der Waals surface area contributed by atoms with Gasteiger partial charge < -0.3 is 5.11 Å². The fraction of sp³-hybridized carbons (Fsp3) is 0. The Bertz CT molecular complexity index is 698. The maximum absolute atomic E-state index is 13.4. The molecule has 0 fully saturated rings. The Hall–Kier alpha value is -2.63. The van der Waals surface area contributed by atoms with Crippen LogP contribution in [0, 0.1) is 23.3 Å². The van der Waals surface area contributed by atoms with Gasteiger partial charge in [0.2, 0.25) is 0 Å². The second kappa shape index (κ2) is 5.78. The summed E-state index contributed by atoms with van der Waals surface area (Å²) >= 11 is 0. The predicted octanol–water partition coefficient (Wildman–Crippen LogP) is 4.02. The molecule has 0 aliphatic rings. The maximum atomic E-state index is 13.4. The van der Waals surface area contributed by atoms with Crippen molar-refractivity contribution in [1.82, 2.24) is 0 Å². The van der Waals surface area contributed by atoms with E-state index in [1.165, 1.54) is 0 Å². The van der Waals surface area contributed by atoms with E-state index in [2.05, 4.69) is 0 Å². The van der Waals surface area contributed by atoms with Crippen LogP contribution in [0.15, 0.2) is 42.5 Å². The molecule has 2 aromatic rings. The predicted molar refractivity (Wildman–Crippen MR) is 67.7 cm³/mol. The summed E-state index contributed by atoms with van der Waals surface area (Å²) in [6, 6.07) is 5.57. The van der Waals surface area contributed by atoms with Gasteiger partial charge in [-0.05, 0) is 24.3 Å². The van der Waals surface area contributed by atoms with Crippen molar-refractivity contribution in [3.8, 4) is 0 Å². The van der Waals surface area contributed by atoms with Crippen LogP contribution in [-0.4, -0.2) is 10.9 Å². The molecule has 0 aromatic heterocycles. The Balaban J connectivity index is 2.46. The summed E-state index contributed by atoms with van der Waals surface area (Å²) in [4.78, 5) is 11.7. The molecule has 1 N–H and O–H groups in total. The Morgan fingerprint density at radius 2 is 1.19 bits per heavy atom. The molecule has 0 unspecified atom stereocenters. The summed E-state index contributed by atoms with van der Waals surface area (Å²) in [5.41, 5.74) is -1.76. The molecular weight excluding hydrogens is 288 g/mol. The van der Waals surface area contributed by atoms with Crippen molar-refractivity contribution in [3.63, 3.8) is 0 Å². The zero-order chi connectivity index (χ0) is 15.6. The minimum Gasteiger partial charge on any atom is -0.507 e. The van der Waals surface area contributed by atoms with E-state index in [1.807, 2.05) is 0 Å². The summed E-state index contributed by atoms with van der Waals surface area (Å²) in [6.45, 7) is 0. The number of benzene rings is 2. The minimum absolute atomic E-state index is 0.364. The van der Waals surface area contributed by atoms with Gasteiger partial charge in [0, 0.05) is 6.08 Å². The maximum Gasteiger partial charge on any atom is 0.195 e. The third kappa shape index (κ3) is 2.94. The van der Waals surface area contributed by atoms with Crippen molar-refractivity contribution in [2.75, 3.05) is 0 Å². The molecule has 2 rings (SSSR count). The van der Waals surface area contributed by atoms with Crippen LogP contribution < -0.4 is 0 Å². The number of carbonyl (C=O) groups excluding carboxylic acids is 1. The average Bonchev–Trinajstić information content (AvgIpc) is 2.38. The van der Waals surface area contributed by atoms with Gasteiger partial charge in [-0.3, -0.25) is 4.79 Å². The van der Waals surface area contributed by atoms with Crippen LogP contribution in [0.4, 0.5) is 17.6 Å². The van der Waals surface area contributed by atoms with E-state index in [4.69, 9.17) is 0 Å². The first-order valence-electron chi connectivity index (χ1n) is 5.75. The van der Waals surface area contributed by atoms with E-state index in [0.717, 1.165) is 36.4 Å². The minimum atomic E-state index is -1.24. The number of aliphatic hydroxyl groups excluding tert-OH is 1. The van der Waals surface area contributed by atoms with Crippen molar-refractivity contribution >= 4 is 11.5 Å². The molecule has 0 atom stereocenters. The monoisotopic (exact) mass is 296 g/mol. The van der Waals surface area contributed by atoms with E-state index in [1.54, 1.807) is 0 Å². The molecule has 21 heavy (non-hydrogen) atoms. The number of halogens is 4. The molecule has 0 heterocycles. The third-order valence-corrected chi connectivity index (χ3v) is 2.70. The molecule has 2 aromatic carbocycles. The Morgan fingerprint density at radius 1 is 0.810 bits per heavy atom. The molecule has 6 heteroatoms. The van der Waals surface area contributed by atoms with E-state index < -0.39 is 45.9 Å². The van der Waals surface area contributed by atoms with Gasteiger partial charge in [0.1, 0.15) is 29.0 Å². The van der Waals surface area contributed by atoms with E-state index in [9.17, 15) is 27.5 Å². The Labute approximate surface area is 117 Å². The van der Waals surface area contributed by atoms with Crippen LogP contribution in [0.3, 0.4) is 0 Å². The van der Waals surface area contributed by atoms with Gasteiger partial charge in [0.15, 0.2) is 5.78 Å². The van der Waals surface area contributed by atoms with Crippen LogP contribution in [0.2, 0.25) is 0 Å². The highest BCUT2D eigenvalue weighted by molar-refractivity contribution is 6.08. The smallest absolute Gasteiger partial charge is 0.195 e. The van der Waals surface area contributed by atoms with Crippen LogP contribution >= 0.6 is 0 Å². The SMILES string of the molecule is O=C(/C=C(\O)c1c(F)cccc1F)c1c(F)cccc1F. The van der Waals surface area contributed by atoms with Crippen molar-refractivity contribution in [3.05, 3.63) is 76.9 Å². The number of carbonyl (C=O) groups is 1. The summed E-state index contributed by atoms with van der Waals surface area (Å²) in [6.07, 6.45) is 0.364. The summed E-state index contributed by atoms with van der Waals surface area (Å²) in [5.74, 6) is -6.80. The first-order chi connectivity index (χ1) is 9.91. The van der Waals surface area contributed by atoms with Crippen molar-refractivity contribution in [2.24, 2.45) is 0 Å². The lowest BCUT2D eigenvalue weighted by molar-refractivity contribution is 0.103. The number of aliphatic hydroxyl groups is 1. The van der Waals surface area contributed by atoms with E-state index >= 15 is 0 Å². The molecule has 0 aliphatic carbocycles. The van der Waals surface area contributed by atoms with Gasteiger partial charge in [0.25, 0.3) is 0 Å². The van der Waals surface area contributed by atoms with Gasteiger partial charge in [-0.15, -0.1) is 0 Å². The highest BCUT2D eigenvalue weighted by Gasteiger charge is 2.18. The normalized spacial score (nSPS) is 11.5. The first kappa shape index (κ1) is 14.8. The second-order valence-corrected chi connectivity index (χ2v) is 4.09. The molecule has 2 nitrogen and oxygen atoms in total. The highest BCUT2D eigenvalue weighted by Crippen LogP contribution is 2.21. The molecule has 0 bridgehead atoms. The standard InChI is InChI=1S/C15H8F4O2/c16-8-3-1-4-9(17)14(8)12(20)7-13(21)15-10(18)5-2-6-11(15)19/h1-7,20H/b12-7-. The van der Waals surface area contributed by atoms with Crippen molar-refractivity contribution in [1.29, 1.82) is 0 Å². The van der Waals surface area contributed by atoms with E-state index in [0.29, 0.717) is 6.08 Å². The van der Waals surface area contributed by atoms with E-state index in [-0.39, 0.29) is 0 Å². The molecule has 0 spiro atoms. The highest BCUT2D eigenvalue weighted by atomic mass is 19.1. The largest absolute Gasteiger partial charge is 0.507 e. The van der Waals surface area contributed by atoms with Gasteiger partial charge >= 0.3 is 0 Å². The molecule has 0 aliphatic heterocycles. The molecule has 108 valence electrons. The summed E-state index contributed by atoms with van der Waals surface area (Å²) in [7, 11) is 0. The number of allylic oxidation sites excluding steroid dienone is 1. The Morgan fingerprint density at radius 3 is 1.62 bits per heavy atom. The second-order valence-electron chi connectivity index (χ2n) is 4.09. The fourth-order valence-electron chi connectivity index (χ4n) is 1.74. The average molecular weight is 296 g/mol.